The Kier molecular flexibility index (Phi) is 4.80. The molecule has 0 aliphatic carbocycles. The van der Waals surface area contributed by atoms with Crippen molar-refractivity contribution in [3.8, 4) is 0 Å². The summed E-state index contributed by atoms with van der Waals surface area (Å²) in [7, 11) is 2.00. The molecule has 0 aromatic carbocycles. The van der Waals surface area contributed by atoms with E-state index in [-0.39, 0.29) is 12.1 Å². The maximum atomic E-state index is 12.7. The standard InChI is InChI=1S/C17H24N6O/c1-4-22-9-10-23(12-15(22)16-19-7-8-21(16)3)17(24)20-14-5-6-18-11-13(14)2/h5-8,11,15H,4,9-10,12H2,1-3H3,(H,18,20,24)/t15-/m1/s1. The fourth-order valence-electron chi connectivity index (χ4n) is 3.13. The maximum Gasteiger partial charge on any atom is 0.321 e. The molecule has 0 saturated carbocycles. The number of amides is 2. The number of imidazole rings is 1. The van der Waals surface area contributed by atoms with Crippen molar-refractivity contribution in [2.75, 3.05) is 31.5 Å². The maximum absolute atomic E-state index is 12.7. The molecule has 128 valence electrons. The highest BCUT2D eigenvalue weighted by Crippen LogP contribution is 2.24. The summed E-state index contributed by atoms with van der Waals surface area (Å²) in [6, 6.07) is 1.87. The molecule has 0 bridgehead atoms. The number of urea groups is 1. The molecule has 0 unspecified atom stereocenters. The van der Waals surface area contributed by atoms with Crippen LogP contribution in [-0.2, 0) is 7.05 Å². The van der Waals surface area contributed by atoms with Gasteiger partial charge in [0.1, 0.15) is 5.82 Å². The first-order chi connectivity index (χ1) is 11.6. The number of anilines is 1. The van der Waals surface area contributed by atoms with Gasteiger partial charge in [-0.05, 0) is 25.1 Å². The zero-order valence-corrected chi connectivity index (χ0v) is 14.4. The number of pyridine rings is 1. The van der Waals surface area contributed by atoms with E-state index in [0.29, 0.717) is 13.1 Å². The highest BCUT2D eigenvalue weighted by atomic mass is 16.2. The van der Waals surface area contributed by atoms with Crippen LogP contribution in [0.1, 0.15) is 24.4 Å². The van der Waals surface area contributed by atoms with Crippen LogP contribution in [0, 0.1) is 6.92 Å². The van der Waals surface area contributed by atoms with E-state index in [1.165, 1.54) is 0 Å². The third kappa shape index (κ3) is 3.26. The average molecular weight is 328 g/mol. The van der Waals surface area contributed by atoms with Gasteiger partial charge in [0.25, 0.3) is 0 Å². The summed E-state index contributed by atoms with van der Waals surface area (Å²) >= 11 is 0. The number of piperazine rings is 1. The first-order valence-corrected chi connectivity index (χ1v) is 8.28. The lowest BCUT2D eigenvalue weighted by Crippen LogP contribution is -2.52. The number of aromatic nitrogens is 3. The summed E-state index contributed by atoms with van der Waals surface area (Å²) in [5.74, 6) is 0.995. The van der Waals surface area contributed by atoms with Gasteiger partial charge >= 0.3 is 6.03 Å². The van der Waals surface area contributed by atoms with Crippen molar-refractivity contribution in [3.63, 3.8) is 0 Å². The second kappa shape index (κ2) is 7.00. The Hall–Kier alpha value is -2.41. The lowest BCUT2D eigenvalue weighted by molar-refractivity contribution is 0.0927. The van der Waals surface area contributed by atoms with Crippen LogP contribution in [-0.4, -0.2) is 56.5 Å². The molecule has 3 rings (SSSR count). The van der Waals surface area contributed by atoms with E-state index in [1.807, 2.05) is 41.9 Å². The molecule has 1 N–H and O–H groups in total. The van der Waals surface area contributed by atoms with Gasteiger partial charge in [0.15, 0.2) is 0 Å². The van der Waals surface area contributed by atoms with Gasteiger partial charge in [0, 0.05) is 57.2 Å². The zero-order valence-electron chi connectivity index (χ0n) is 14.4. The Labute approximate surface area is 142 Å². The van der Waals surface area contributed by atoms with E-state index in [0.717, 1.165) is 30.2 Å². The predicted octanol–water partition coefficient (Wildman–Crippen LogP) is 2.03. The molecule has 1 aliphatic rings. The Morgan fingerprint density at radius 1 is 1.38 bits per heavy atom. The van der Waals surface area contributed by atoms with E-state index >= 15 is 0 Å². The van der Waals surface area contributed by atoms with Crippen LogP contribution in [0.4, 0.5) is 10.5 Å². The number of likely N-dealkylation sites (N-methyl/N-ethyl adjacent to an activating group) is 1. The van der Waals surface area contributed by atoms with E-state index in [4.69, 9.17) is 0 Å². The van der Waals surface area contributed by atoms with Crippen LogP contribution in [0.3, 0.4) is 0 Å². The minimum Gasteiger partial charge on any atom is -0.337 e. The molecule has 2 amide bonds. The van der Waals surface area contributed by atoms with Gasteiger partial charge in [-0.2, -0.15) is 0 Å². The number of carbonyl (C=O) groups excluding carboxylic acids is 1. The van der Waals surface area contributed by atoms with E-state index in [2.05, 4.69) is 27.1 Å². The number of hydrogen-bond donors (Lipinski definition) is 1. The van der Waals surface area contributed by atoms with E-state index in [9.17, 15) is 4.79 Å². The fraction of sp³-hybridized carbons (Fsp3) is 0.471. The summed E-state index contributed by atoms with van der Waals surface area (Å²) in [6.07, 6.45) is 7.20. The van der Waals surface area contributed by atoms with Crippen LogP contribution in [0.2, 0.25) is 0 Å². The van der Waals surface area contributed by atoms with Crippen LogP contribution in [0.15, 0.2) is 30.9 Å². The second-order valence-corrected chi connectivity index (χ2v) is 6.11. The minimum absolute atomic E-state index is 0.0701. The number of rotatable bonds is 3. The van der Waals surface area contributed by atoms with Gasteiger partial charge < -0.3 is 14.8 Å². The van der Waals surface area contributed by atoms with Gasteiger partial charge in [-0.1, -0.05) is 6.92 Å². The van der Waals surface area contributed by atoms with Crippen molar-refractivity contribution in [2.45, 2.75) is 19.9 Å². The van der Waals surface area contributed by atoms with Crippen molar-refractivity contribution < 1.29 is 4.79 Å². The predicted molar refractivity (Wildman–Crippen MR) is 92.8 cm³/mol. The summed E-state index contributed by atoms with van der Waals surface area (Å²) in [4.78, 5) is 25.4. The summed E-state index contributed by atoms with van der Waals surface area (Å²) in [6.45, 7) is 7.22. The van der Waals surface area contributed by atoms with Gasteiger partial charge in [0.05, 0.1) is 6.04 Å². The smallest absolute Gasteiger partial charge is 0.321 e. The normalized spacial score (nSPS) is 18.6. The average Bonchev–Trinajstić information content (AvgIpc) is 3.02. The molecule has 7 nitrogen and oxygen atoms in total. The van der Waals surface area contributed by atoms with Gasteiger partial charge in [-0.25, -0.2) is 9.78 Å². The fourth-order valence-corrected chi connectivity index (χ4v) is 3.13. The van der Waals surface area contributed by atoms with Crippen LogP contribution in [0.25, 0.3) is 0 Å². The molecule has 1 aliphatic heterocycles. The van der Waals surface area contributed by atoms with E-state index in [1.54, 1.807) is 12.4 Å². The van der Waals surface area contributed by atoms with Crippen molar-refractivity contribution >= 4 is 11.7 Å². The third-order valence-corrected chi connectivity index (χ3v) is 4.60. The molecule has 24 heavy (non-hydrogen) atoms. The molecule has 7 heteroatoms. The molecule has 2 aromatic rings. The number of aryl methyl sites for hydroxylation is 2. The summed E-state index contributed by atoms with van der Waals surface area (Å²) in [5, 5.41) is 2.99. The summed E-state index contributed by atoms with van der Waals surface area (Å²) in [5.41, 5.74) is 1.76. The number of carbonyl (C=O) groups is 1. The highest BCUT2D eigenvalue weighted by molar-refractivity contribution is 5.90. The third-order valence-electron chi connectivity index (χ3n) is 4.60. The molecule has 1 saturated heterocycles. The Morgan fingerprint density at radius 3 is 2.88 bits per heavy atom. The van der Waals surface area contributed by atoms with Crippen LogP contribution in [0.5, 0.6) is 0 Å². The SMILES string of the molecule is CCN1CCN(C(=O)Nc2ccncc2C)C[C@@H]1c1nccn1C. The van der Waals surface area contributed by atoms with Crippen LogP contribution >= 0.6 is 0 Å². The van der Waals surface area contributed by atoms with Crippen molar-refractivity contribution in [1.82, 2.24) is 24.3 Å². The lowest BCUT2D eigenvalue weighted by Gasteiger charge is -2.40. The lowest BCUT2D eigenvalue weighted by atomic mass is 10.1. The molecule has 0 spiro atoms. The number of nitrogens with one attached hydrogen (secondary N) is 1. The summed E-state index contributed by atoms with van der Waals surface area (Å²) < 4.78 is 2.03. The largest absolute Gasteiger partial charge is 0.337 e. The van der Waals surface area contributed by atoms with Crippen molar-refractivity contribution in [1.29, 1.82) is 0 Å². The molecule has 0 radical (unpaired) electrons. The topological polar surface area (TPSA) is 66.3 Å². The molecular weight excluding hydrogens is 304 g/mol. The molecule has 2 aromatic heterocycles. The monoisotopic (exact) mass is 328 g/mol. The minimum atomic E-state index is -0.0701. The number of hydrogen-bond acceptors (Lipinski definition) is 4. The first kappa shape index (κ1) is 16.4. The molecule has 1 atom stereocenters. The van der Waals surface area contributed by atoms with E-state index < -0.39 is 0 Å². The van der Waals surface area contributed by atoms with Crippen LogP contribution < -0.4 is 5.32 Å². The number of nitrogens with zero attached hydrogens (tertiary/aromatic N) is 5. The molecular formula is C17H24N6O. The van der Waals surface area contributed by atoms with Gasteiger partial charge in [-0.15, -0.1) is 0 Å². The Balaban J connectivity index is 1.74. The second-order valence-electron chi connectivity index (χ2n) is 6.11. The highest BCUT2D eigenvalue weighted by Gasteiger charge is 2.32. The van der Waals surface area contributed by atoms with Gasteiger partial charge in [0.2, 0.25) is 0 Å². The first-order valence-electron chi connectivity index (χ1n) is 8.28. The molecule has 1 fully saturated rings. The Bertz CT molecular complexity index is 713. The molecule has 3 heterocycles. The van der Waals surface area contributed by atoms with Gasteiger partial charge in [-0.3, -0.25) is 9.88 Å². The Morgan fingerprint density at radius 2 is 2.21 bits per heavy atom. The zero-order chi connectivity index (χ0) is 17.1. The van der Waals surface area contributed by atoms with Crippen molar-refractivity contribution in [3.05, 3.63) is 42.2 Å². The quantitative estimate of drug-likeness (QED) is 0.936. The van der Waals surface area contributed by atoms with Crippen molar-refractivity contribution in [2.24, 2.45) is 7.05 Å².